The fourth-order valence-corrected chi connectivity index (χ4v) is 3.06. The monoisotopic (exact) mass is 456 g/mol. The first-order valence-corrected chi connectivity index (χ1v) is 9.04. The second-order valence-corrected chi connectivity index (χ2v) is 6.86. The summed E-state index contributed by atoms with van der Waals surface area (Å²) >= 11 is 12.1. The molecule has 0 unspecified atom stereocenters. The number of nitrogens with one attached hydrogen (secondary N) is 1. The lowest BCUT2D eigenvalue weighted by molar-refractivity contribution is -0.192. The number of aliphatic hydroxyl groups excluding tert-OH is 1. The molecular formula is C16H17Cl2F3N4O4. The molecule has 3 N–H and O–H groups in total. The number of aromatic amines is 1. The van der Waals surface area contributed by atoms with E-state index in [4.69, 9.17) is 42.9 Å². The van der Waals surface area contributed by atoms with E-state index in [2.05, 4.69) is 20.3 Å². The second-order valence-electron chi connectivity index (χ2n) is 5.99. The topological polar surface area (TPSA) is 112 Å². The summed E-state index contributed by atoms with van der Waals surface area (Å²) in [5.74, 6) is -2.38. The third kappa shape index (κ3) is 6.94. The molecule has 0 bridgehead atoms. The quantitative estimate of drug-likeness (QED) is 0.646. The SMILES string of the molecule is O=C(O)C(F)(F)F.OCc1[nH]nnc1OC1CCN(c2cc(Cl)cc(Cl)c2)CC1. The molecule has 1 saturated heterocycles. The number of carbonyl (C=O) groups is 1. The van der Waals surface area contributed by atoms with E-state index in [1.807, 2.05) is 12.1 Å². The van der Waals surface area contributed by atoms with E-state index in [0.717, 1.165) is 31.6 Å². The van der Waals surface area contributed by atoms with Gasteiger partial charge in [0, 0.05) is 41.7 Å². The molecule has 2 aromatic rings. The number of aliphatic hydroxyl groups is 1. The minimum Gasteiger partial charge on any atom is -0.475 e. The zero-order chi connectivity index (χ0) is 21.6. The van der Waals surface area contributed by atoms with Gasteiger partial charge in [-0.3, -0.25) is 5.10 Å². The normalized spacial score (nSPS) is 14.9. The zero-order valence-corrected chi connectivity index (χ0v) is 16.3. The predicted molar refractivity (Wildman–Crippen MR) is 98.3 cm³/mol. The molecule has 1 aliphatic rings. The van der Waals surface area contributed by atoms with Crippen molar-refractivity contribution in [3.05, 3.63) is 33.9 Å². The highest BCUT2D eigenvalue weighted by Crippen LogP contribution is 2.28. The Kier molecular flexibility index (Phi) is 7.94. The first-order valence-electron chi connectivity index (χ1n) is 8.28. The van der Waals surface area contributed by atoms with Crippen molar-refractivity contribution in [1.29, 1.82) is 0 Å². The lowest BCUT2D eigenvalue weighted by Gasteiger charge is -2.33. The molecule has 0 radical (unpaired) electrons. The van der Waals surface area contributed by atoms with Crippen LogP contribution in [0.15, 0.2) is 18.2 Å². The van der Waals surface area contributed by atoms with Gasteiger partial charge in [0.15, 0.2) is 0 Å². The minimum absolute atomic E-state index is 0.0568. The van der Waals surface area contributed by atoms with Gasteiger partial charge < -0.3 is 19.8 Å². The van der Waals surface area contributed by atoms with E-state index in [1.54, 1.807) is 6.07 Å². The summed E-state index contributed by atoms with van der Waals surface area (Å²) < 4.78 is 37.5. The van der Waals surface area contributed by atoms with Crippen LogP contribution in [0.25, 0.3) is 0 Å². The number of benzene rings is 1. The zero-order valence-electron chi connectivity index (χ0n) is 14.8. The van der Waals surface area contributed by atoms with Crippen molar-refractivity contribution >= 4 is 34.9 Å². The maximum absolute atomic E-state index is 10.6. The van der Waals surface area contributed by atoms with E-state index >= 15 is 0 Å². The van der Waals surface area contributed by atoms with Gasteiger partial charge >= 0.3 is 12.1 Å². The van der Waals surface area contributed by atoms with Gasteiger partial charge in [-0.05, 0) is 18.2 Å². The molecule has 1 aromatic carbocycles. The van der Waals surface area contributed by atoms with E-state index in [-0.39, 0.29) is 12.7 Å². The lowest BCUT2D eigenvalue weighted by atomic mass is 10.1. The number of aliphatic carboxylic acids is 1. The number of alkyl halides is 3. The number of carboxylic acids is 1. The third-order valence-electron chi connectivity index (χ3n) is 3.92. The standard InChI is InChI=1S/C14H16Cl2N4O2.C2HF3O2/c15-9-5-10(16)7-11(6-9)20-3-1-12(2-4-20)22-14-13(8-21)17-19-18-14;3-2(4,5)1(6)7/h5-7,12,21H,1-4,8H2,(H,17,18,19);(H,6,7). The fourth-order valence-electron chi connectivity index (χ4n) is 2.55. The summed E-state index contributed by atoms with van der Waals surface area (Å²) in [5, 5.41) is 27.7. The third-order valence-corrected chi connectivity index (χ3v) is 4.35. The van der Waals surface area contributed by atoms with Crippen molar-refractivity contribution in [2.45, 2.75) is 31.7 Å². The Morgan fingerprint density at radius 2 is 1.79 bits per heavy atom. The van der Waals surface area contributed by atoms with Crippen LogP contribution in [0.2, 0.25) is 10.0 Å². The van der Waals surface area contributed by atoms with Crippen LogP contribution in [0.1, 0.15) is 18.5 Å². The molecule has 29 heavy (non-hydrogen) atoms. The first-order chi connectivity index (χ1) is 13.6. The van der Waals surface area contributed by atoms with Crippen LogP contribution >= 0.6 is 23.2 Å². The van der Waals surface area contributed by atoms with Crippen LogP contribution in [0.4, 0.5) is 18.9 Å². The van der Waals surface area contributed by atoms with Crippen LogP contribution < -0.4 is 9.64 Å². The Balaban J connectivity index is 0.000000370. The Bertz CT molecular complexity index is 806. The van der Waals surface area contributed by atoms with Crippen molar-refractivity contribution in [1.82, 2.24) is 15.4 Å². The highest BCUT2D eigenvalue weighted by atomic mass is 35.5. The van der Waals surface area contributed by atoms with Gasteiger partial charge in [0.25, 0.3) is 5.88 Å². The molecule has 1 aromatic heterocycles. The van der Waals surface area contributed by atoms with Crippen LogP contribution in [-0.4, -0.2) is 57.0 Å². The Morgan fingerprint density at radius 1 is 1.24 bits per heavy atom. The fraction of sp³-hybridized carbons (Fsp3) is 0.438. The van der Waals surface area contributed by atoms with Gasteiger partial charge in [-0.15, -0.1) is 0 Å². The number of nitrogens with zero attached hydrogens (tertiary/aromatic N) is 3. The smallest absolute Gasteiger partial charge is 0.475 e. The molecule has 1 fully saturated rings. The van der Waals surface area contributed by atoms with Crippen molar-refractivity contribution in [3.63, 3.8) is 0 Å². The van der Waals surface area contributed by atoms with E-state index < -0.39 is 12.1 Å². The molecule has 0 amide bonds. The van der Waals surface area contributed by atoms with Gasteiger partial charge in [0.1, 0.15) is 11.8 Å². The number of piperidine rings is 1. The minimum atomic E-state index is -5.08. The number of ether oxygens (including phenoxy) is 1. The van der Waals surface area contributed by atoms with Crippen LogP contribution in [-0.2, 0) is 11.4 Å². The van der Waals surface area contributed by atoms with Crippen LogP contribution in [0.3, 0.4) is 0 Å². The summed E-state index contributed by atoms with van der Waals surface area (Å²) in [6, 6.07) is 5.55. The maximum atomic E-state index is 10.6. The highest BCUT2D eigenvalue weighted by molar-refractivity contribution is 6.35. The Labute approximate surface area is 173 Å². The van der Waals surface area contributed by atoms with Gasteiger partial charge in [-0.2, -0.15) is 13.2 Å². The van der Waals surface area contributed by atoms with Crippen molar-refractivity contribution in [2.24, 2.45) is 0 Å². The van der Waals surface area contributed by atoms with Crippen molar-refractivity contribution in [2.75, 3.05) is 18.0 Å². The average molecular weight is 457 g/mol. The van der Waals surface area contributed by atoms with Gasteiger partial charge in [-0.25, -0.2) is 4.79 Å². The summed E-state index contributed by atoms with van der Waals surface area (Å²) in [4.78, 5) is 11.1. The second kappa shape index (κ2) is 9.99. The number of anilines is 1. The molecule has 0 saturated carbocycles. The average Bonchev–Trinajstić information content (AvgIpc) is 3.08. The van der Waals surface area contributed by atoms with Crippen LogP contribution in [0.5, 0.6) is 5.88 Å². The van der Waals surface area contributed by atoms with Crippen molar-refractivity contribution in [3.8, 4) is 5.88 Å². The maximum Gasteiger partial charge on any atom is 0.490 e. The summed E-state index contributed by atoms with van der Waals surface area (Å²) in [7, 11) is 0. The van der Waals surface area contributed by atoms with Gasteiger partial charge in [0.2, 0.25) is 0 Å². The van der Waals surface area contributed by atoms with Gasteiger partial charge in [0.05, 0.1) is 6.61 Å². The lowest BCUT2D eigenvalue weighted by Crippen LogP contribution is -2.38. The number of H-pyrrole nitrogens is 1. The summed E-state index contributed by atoms with van der Waals surface area (Å²) in [5.41, 5.74) is 1.53. The molecule has 2 heterocycles. The molecule has 3 rings (SSSR count). The largest absolute Gasteiger partial charge is 0.490 e. The molecule has 0 atom stereocenters. The Hall–Kier alpha value is -2.24. The van der Waals surface area contributed by atoms with Crippen molar-refractivity contribution < 1.29 is 32.9 Å². The number of hydrogen-bond acceptors (Lipinski definition) is 6. The van der Waals surface area contributed by atoms with Crippen LogP contribution in [0, 0.1) is 0 Å². The van der Waals surface area contributed by atoms with Gasteiger partial charge in [-0.1, -0.05) is 33.5 Å². The molecule has 1 aliphatic heterocycles. The number of carboxylic acid groups (broad SMARTS) is 1. The number of rotatable bonds is 4. The molecule has 13 heteroatoms. The van der Waals surface area contributed by atoms with E-state index in [0.29, 0.717) is 21.6 Å². The van der Waals surface area contributed by atoms with E-state index in [1.165, 1.54) is 0 Å². The summed E-state index contributed by atoms with van der Waals surface area (Å²) in [6.45, 7) is 1.52. The summed E-state index contributed by atoms with van der Waals surface area (Å²) in [6.07, 6.45) is -3.33. The number of halogens is 5. The highest BCUT2D eigenvalue weighted by Gasteiger charge is 2.38. The Morgan fingerprint density at radius 3 is 2.28 bits per heavy atom. The predicted octanol–water partition coefficient (Wildman–Crippen LogP) is 3.28. The van der Waals surface area contributed by atoms with E-state index in [9.17, 15) is 13.2 Å². The molecular weight excluding hydrogens is 440 g/mol. The molecule has 0 aliphatic carbocycles. The molecule has 0 spiro atoms. The molecule has 8 nitrogen and oxygen atoms in total. The number of aromatic nitrogens is 3. The molecule has 160 valence electrons. The first kappa shape index (κ1) is 23.0. The number of hydrogen-bond donors (Lipinski definition) is 3.